The van der Waals surface area contributed by atoms with E-state index in [-0.39, 0.29) is 175 Å². The fourth-order valence-electron chi connectivity index (χ4n) is 10.2. The highest BCUT2D eigenvalue weighted by atomic mass is 33.1. The minimum absolute atomic E-state index is 0.0224. The number of hydrogen-bond acceptors (Lipinski definition) is 32. The molecule has 0 spiro atoms. The second kappa shape index (κ2) is 66.0. The Kier molecular flexibility index (Phi) is 57.7. The van der Waals surface area contributed by atoms with Crippen molar-refractivity contribution in [3.63, 3.8) is 0 Å². The van der Waals surface area contributed by atoms with Crippen LogP contribution in [0.4, 0.5) is 4.79 Å². The summed E-state index contributed by atoms with van der Waals surface area (Å²) in [6.45, 7) is 5.84. The Balaban J connectivity index is 1.67. The van der Waals surface area contributed by atoms with Crippen LogP contribution in [0.15, 0.2) is 35.3 Å². The molecule has 7 atom stereocenters. The molecule has 2 heterocycles. The molecular formula is C73H120N18O29S3. The summed E-state index contributed by atoms with van der Waals surface area (Å²) in [5, 5.41) is 43.4. The van der Waals surface area contributed by atoms with E-state index in [1.807, 2.05) is 5.48 Å². The van der Waals surface area contributed by atoms with Gasteiger partial charge in [0.25, 0.3) is 0 Å². The van der Waals surface area contributed by atoms with Crippen LogP contribution in [-0.2, 0) is 135 Å². The number of primary amides is 1. The van der Waals surface area contributed by atoms with Gasteiger partial charge in [0.2, 0.25) is 82.7 Å². The number of unbranched alkanes of at least 4 members (excludes halogenated alkanes) is 1. The lowest BCUT2D eigenvalue weighted by Crippen LogP contribution is -2.60. The van der Waals surface area contributed by atoms with Crippen molar-refractivity contribution in [1.29, 1.82) is 0 Å². The van der Waals surface area contributed by atoms with Crippen molar-refractivity contribution in [3.05, 3.63) is 35.9 Å². The summed E-state index contributed by atoms with van der Waals surface area (Å²) in [4.78, 5) is 221. The maximum Gasteiger partial charge on any atom is 0.431 e. The van der Waals surface area contributed by atoms with E-state index in [1.165, 1.54) is 0 Å². The summed E-state index contributed by atoms with van der Waals surface area (Å²) < 4.78 is 59.1. The van der Waals surface area contributed by atoms with E-state index in [9.17, 15) is 81.8 Å². The Labute approximate surface area is 723 Å². The van der Waals surface area contributed by atoms with Crippen LogP contribution < -0.4 is 91.8 Å². The second-order valence-corrected chi connectivity index (χ2v) is 31.1. The Morgan fingerprint density at radius 1 is 0.463 bits per heavy atom. The molecule has 2 bridgehead atoms. The molecule has 2 saturated heterocycles. The molecule has 0 aromatic heterocycles. The van der Waals surface area contributed by atoms with Crippen LogP contribution in [0.25, 0.3) is 0 Å². The van der Waals surface area contributed by atoms with Gasteiger partial charge in [0.15, 0.2) is 12.6 Å². The highest BCUT2D eigenvalue weighted by molar-refractivity contribution is 8.76. The number of aliphatic carboxylic acids is 1. The van der Waals surface area contributed by atoms with Gasteiger partial charge in [-0.3, -0.25) is 81.7 Å². The number of carboxylic acid groups (broad SMARTS) is 1. The van der Waals surface area contributed by atoms with Gasteiger partial charge < -0.3 is 144 Å². The smallest absolute Gasteiger partial charge is 0.431 e. The first kappa shape index (κ1) is 108. The Morgan fingerprint density at radius 2 is 0.902 bits per heavy atom. The van der Waals surface area contributed by atoms with Crippen LogP contribution in [-0.4, -0.2) is 361 Å². The lowest BCUT2D eigenvalue weighted by molar-refractivity contribution is -0.141. The molecule has 15 amide bonds. The number of hydrogen-bond donors (Lipinski definition) is 18. The minimum atomic E-state index is -1.85. The van der Waals surface area contributed by atoms with Gasteiger partial charge in [0, 0.05) is 62.9 Å². The predicted molar refractivity (Wildman–Crippen MR) is 443 cm³/mol. The van der Waals surface area contributed by atoms with Crippen molar-refractivity contribution in [3.8, 4) is 0 Å². The maximum absolute atomic E-state index is 14.7. The number of benzene rings is 1. The van der Waals surface area contributed by atoms with Crippen LogP contribution in [0.1, 0.15) is 64.9 Å². The zero-order chi connectivity index (χ0) is 90.3. The fourth-order valence-corrected chi connectivity index (χ4v) is 13.4. The van der Waals surface area contributed by atoms with Crippen molar-refractivity contribution in [2.75, 3.05) is 208 Å². The minimum Gasteiger partial charge on any atom is -0.481 e. The van der Waals surface area contributed by atoms with Gasteiger partial charge in [-0.1, -0.05) is 51.9 Å². The van der Waals surface area contributed by atoms with E-state index in [0.29, 0.717) is 38.6 Å². The number of carboxylic acids is 1. The van der Waals surface area contributed by atoms with Crippen molar-refractivity contribution in [2.45, 2.75) is 114 Å². The van der Waals surface area contributed by atoms with Gasteiger partial charge in [-0.15, -0.1) is 11.8 Å². The largest absolute Gasteiger partial charge is 0.481 e. The molecule has 0 unspecified atom stereocenters. The quantitative estimate of drug-likeness (QED) is 0.00947. The lowest BCUT2D eigenvalue weighted by Gasteiger charge is -2.27. The van der Waals surface area contributed by atoms with Crippen LogP contribution in [0, 0.1) is 0 Å². The molecular weight excluding hydrogens is 1690 g/mol. The number of nitrogens with zero attached hydrogens (tertiary/aromatic N) is 1. The molecule has 0 aliphatic carbocycles. The zero-order valence-corrected chi connectivity index (χ0v) is 71.7. The molecule has 2 fully saturated rings. The van der Waals surface area contributed by atoms with E-state index in [1.54, 1.807) is 51.1 Å². The predicted octanol–water partition coefficient (Wildman–Crippen LogP) is -7.73. The summed E-state index contributed by atoms with van der Waals surface area (Å²) >= 11 is 0.864. The molecule has 2 aliphatic heterocycles. The summed E-state index contributed by atoms with van der Waals surface area (Å²) in [7, 11) is 1.78. The van der Waals surface area contributed by atoms with Crippen LogP contribution in [0.5, 0.6) is 0 Å². The molecule has 1 aromatic carbocycles. The maximum atomic E-state index is 14.7. The van der Waals surface area contributed by atoms with Crippen LogP contribution in [0.3, 0.4) is 0 Å². The number of ether oxygens (including phenoxy) is 11. The molecule has 50 heteroatoms. The van der Waals surface area contributed by atoms with Crippen LogP contribution >= 0.6 is 33.3 Å². The van der Waals surface area contributed by atoms with Gasteiger partial charge in [-0.2, -0.15) is 5.48 Å². The van der Waals surface area contributed by atoms with Gasteiger partial charge in [0.05, 0.1) is 124 Å². The number of fused-ring (bicyclic) bond motifs is 5. The van der Waals surface area contributed by atoms with Crippen molar-refractivity contribution in [2.24, 2.45) is 22.2 Å². The first-order valence-corrected chi connectivity index (χ1v) is 43.1. The first-order valence-electron chi connectivity index (χ1n) is 39.5. The first-order chi connectivity index (χ1) is 59.0. The number of nitrogens with two attached hydrogens (primary N) is 3. The third-order valence-corrected chi connectivity index (χ3v) is 19.5. The highest BCUT2D eigenvalue weighted by Gasteiger charge is 2.36. The van der Waals surface area contributed by atoms with Gasteiger partial charge >= 0.3 is 12.1 Å². The summed E-state index contributed by atoms with van der Waals surface area (Å²) in [6, 6.07) is -2.50. The molecule has 0 saturated carbocycles. The number of hydroxylamine groups is 1. The molecule has 123 heavy (non-hydrogen) atoms. The Hall–Kier alpha value is -9.58. The normalized spacial score (nSPS) is 18.6. The van der Waals surface area contributed by atoms with Gasteiger partial charge in [0.1, 0.15) is 74.3 Å². The molecule has 21 N–H and O–H groups in total. The number of rotatable bonds is 55. The van der Waals surface area contributed by atoms with E-state index in [2.05, 4.69) is 74.1 Å². The lowest BCUT2D eigenvalue weighted by atomic mass is 10.0. The van der Waals surface area contributed by atoms with Crippen molar-refractivity contribution in [1.82, 2.24) is 74.6 Å². The number of nitrogens with one attached hydrogen (secondary N) is 14. The number of amides is 15. The topological polar surface area (TPSA) is 663 Å². The molecule has 3 rings (SSSR count). The van der Waals surface area contributed by atoms with Gasteiger partial charge in [-0.05, 0) is 58.4 Å². The summed E-state index contributed by atoms with van der Waals surface area (Å²) in [5.74, 6) is -14.5. The number of carbonyl (C=O) groups is 16. The number of thioether (sulfide) groups is 1. The van der Waals surface area contributed by atoms with E-state index in [4.69, 9.17) is 74.1 Å². The van der Waals surface area contributed by atoms with Crippen molar-refractivity contribution < 1.29 is 139 Å². The van der Waals surface area contributed by atoms with E-state index in [0.717, 1.165) is 33.3 Å². The second-order valence-electron chi connectivity index (χ2n) is 27.5. The Bertz CT molecular complexity index is 3450. The molecule has 1 aromatic rings. The zero-order valence-electron chi connectivity index (χ0n) is 69.3. The van der Waals surface area contributed by atoms with E-state index >= 15 is 0 Å². The highest BCUT2D eigenvalue weighted by Crippen LogP contribution is 2.24. The van der Waals surface area contributed by atoms with Gasteiger partial charge in [-0.25, -0.2) is 4.79 Å². The number of carbonyl (C=O) groups excluding carboxylic acids is 15. The van der Waals surface area contributed by atoms with Crippen molar-refractivity contribution >= 4 is 134 Å². The van der Waals surface area contributed by atoms with E-state index < -0.39 is 194 Å². The average Bonchev–Trinajstić information content (AvgIpc) is 1.51. The SMILES string of the molecule is CC(C)(C)OC(=O)NOCC(=O)NCCOCCOCCOCCOCCOCCNC(=O)COCC(=O)NCCCC[C@@H]1NC(=O)CSC[C@@H](C(=O)NCCOCCOCCOCCNC(=O)COCC(N)=O)NC(=O)[C@H](Cc2ccccc2)NC(=O)[C@@H]2CSSC[C@H](NC1=O)C(=O)N[C@@H](CCCN=C(N)N)C(=O)NCC(=O)N[C@@H](CC(=O)O)C(=O)N2. The molecule has 2 aliphatic rings. The standard InChI is InChI=1S/C73H120N18O29S3/c1-73(2,3)120-72(108)91-119-43-61(97)80-18-22-111-26-30-115-33-35-116-34-32-114-29-25-110-21-17-79-60(96)42-118-41-58(94)77-14-8-7-12-50-66(103)89-54-45-122-123-46-55(90-68(105)52(37-63(99)100)85-57(93)38-83-64(101)49(86-69(54)106)13-9-15-82-71(75)76)70(107)87-51(36-48-10-5-4-6-11-48)67(104)88-53(44-121-47-62(98)84-50)65(102)81-19-23-112-27-31-113-28-24-109-20-16-78-59(95)40-117-39-56(74)92/h4-6,10-11,49-55H,7-9,12-47H2,1-3H3,(H2,74,92)(H,77,94)(H,78,95)(H,79,96)(H,80,97)(H,81,102)(H,83,101)(H,84,98)(H,85,93)(H,86,106)(H,87,107)(H,88,104)(H,89,103)(H,90,105)(H,91,108)(H,99,100)(H4,75,76,82)/t49-,50-,51-,52-,53-,54-,55-/m0/s1. The number of aliphatic imine (C=N–C) groups is 1. The monoisotopic (exact) mass is 1810 g/mol. The third-order valence-electron chi connectivity index (χ3n) is 16.0. The molecule has 47 nitrogen and oxygen atoms in total. The molecule has 694 valence electrons. The summed E-state index contributed by atoms with van der Waals surface area (Å²) in [6.07, 6.45) is -1.87. The number of guanidine groups is 1. The molecule has 0 radical (unpaired) electrons. The average molecular weight is 1810 g/mol. The van der Waals surface area contributed by atoms with Crippen LogP contribution in [0.2, 0.25) is 0 Å². The third kappa shape index (κ3) is 56.0. The fraction of sp³-hybridized carbons (Fsp3) is 0.685. The summed E-state index contributed by atoms with van der Waals surface area (Å²) in [5.41, 5.74) is 17.9. The Morgan fingerprint density at radius 3 is 1.40 bits per heavy atom.